The number of amides is 2. The largest absolute Gasteiger partial charge is 0.493 e. The number of H-pyrrole nitrogens is 1. The van der Waals surface area contributed by atoms with Gasteiger partial charge in [0, 0.05) is 11.3 Å². The number of hydrazine groups is 1. The quantitative estimate of drug-likeness (QED) is 0.252. The van der Waals surface area contributed by atoms with Gasteiger partial charge in [-0.25, -0.2) is 4.98 Å². The standard InChI is InChI=1S/C25H24N4O5S/c1-32-20-13-12-17(21(33-2)22(20)34-3)24(31)29-28-23(30)16-10-8-15(9-11-16)14-35-25-26-18-6-4-5-7-19(18)27-25/h4-13H,14H2,1-3H3,(H,26,27)(H,28,30)(H,29,31). The molecule has 4 rings (SSSR count). The summed E-state index contributed by atoms with van der Waals surface area (Å²) in [5.41, 5.74) is 8.37. The van der Waals surface area contributed by atoms with E-state index in [1.165, 1.54) is 27.4 Å². The van der Waals surface area contributed by atoms with Gasteiger partial charge in [-0.2, -0.15) is 0 Å². The number of aromatic amines is 1. The van der Waals surface area contributed by atoms with Crippen LogP contribution in [-0.2, 0) is 5.75 Å². The number of carbonyl (C=O) groups excluding carboxylic acids is 2. The molecule has 3 aromatic carbocycles. The molecule has 1 aromatic heterocycles. The van der Waals surface area contributed by atoms with Crippen LogP contribution in [0.3, 0.4) is 0 Å². The summed E-state index contributed by atoms with van der Waals surface area (Å²) in [6, 6.07) is 18.1. The number of carbonyl (C=O) groups is 2. The van der Waals surface area contributed by atoms with Crippen molar-refractivity contribution < 1.29 is 23.8 Å². The van der Waals surface area contributed by atoms with E-state index >= 15 is 0 Å². The van der Waals surface area contributed by atoms with Crippen LogP contribution in [0.5, 0.6) is 17.2 Å². The van der Waals surface area contributed by atoms with Crippen LogP contribution in [0.2, 0.25) is 0 Å². The van der Waals surface area contributed by atoms with Crippen molar-refractivity contribution >= 4 is 34.6 Å². The SMILES string of the molecule is COc1ccc(C(=O)NNC(=O)c2ccc(CSc3nc4ccccc4[nH]3)cc2)c(OC)c1OC. The van der Waals surface area contributed by atoms with E-state index in [0.29, 0.717) is 17.1 Å². The van der Waals surface area contributed by atoms with E-state index in [2.05, 4.69) is 20.8 Å². The molecule has 1 heterocycles. The van der Waals surface area contributed by atoms with Crippen molar-refractivity contribution in [3.63, 3.8) is 0 Å². The lowest BCUT2D eigenvalue weighted by molar-refractivity contribution is 0.0844. The number of fused-ring (bicyclic) bond motifs is 1. The van der Waals surface area contributed by atoms with Gasteiger partial charge in [0.2, 0.25) is 5.75 Å². The Morgan fingerprint density at radius 3 is 2.26 bits per heavy atom. The first-order valence-corrected chi connectivity index (χ1v) is 11.6. The number of para-hydroxylation sites is 2. The third kappa shape index (κ3) is 5.33. The minimum absolute atomic E-state index is 0.184. The lowest BCUT2D eigenvalue weighted by Crippen LogP contribution is -2.41. The van der Waals surface area contributed by atoms with Crippen molar-refractivity contribution in [1.82, 2.24) is 20.8 Å². The Balaban J connectivity index is 1.35. The highest BCUT2D eigenvalue weighted by Crippen LogP contribution is 2.39. The molecular formula is C25H24N4O5S. The second kappa shape index (κ2) is 10.8. The Labute approximate surface area is 206 Å². The number of hydrogen-bond acceptors (Lipinski definition) is 7. The summed E-state index contributed by atoms with van der Waals surface area (Å²) in [6.07, 6.45) is 0. The van der Waals surface area contributed by atoms with Gasteiger partial charge in [-0.3, -0.25) is 20.4 Å². The summed E-state index contributed by atoms with van der Waals surface area (Å²) in [5, 5.41) is 0.835. The van der Waals surface area contributed by atoms with Crippen LogP contribution in [0.15, 0.2) is 65.8 Å². The van der Waals surface area contributed by atoms with Gasteiger partial charge in [-0.05, 0) is 42.0 Å². The van der Waals surface area contributed by atoms with Crippen molar-refractivity contribution in [2.45, 2.75) is 10.9 Å². The first-order valence-electron chi connectivity index (χ1n) is 10.6. The molecule has 0 aliphatic carbocycles. The predicted molar refractivity (Wildman–Crippen MR) is 133 cm³/mol. The third-order valence-electron chi connectivity index (χ3n) is 5.20. The molecule has 0 radical (unpaired) electrons. The van der Waals surface area contributed by atoms with Crippen LogP contribution in [0.25, 0.3) is 11.0 Å². The van der Waals surface area contributed by atoms with Crippen molar-refractivity contribution in [2.24, 2.45) is 0 Å². The molecule has 9 nitrogen and oxygen atoms in total. The fraction of sp³-hybridized carbons (Fsp3) is 0.160. The second-order valence-electron chi connectivity index (χ2n) is 7.33. The highest BCUT2D eigenvalue weighted by molar-refractivity contribution is 7.98. The minimum atomic E-state index is -0.560. The van der Waals surface area contributed by atoms with Gasteiger partial charge in [0.15, 0.2) is 16.7 Å². The maximum atomic E-state index is 12.7. The number of aromatic nitrogens is 2. The maximum absolute atomic E-state index is 12.7. The van der Waals surface area contributed by atoms with E-state index in [-0.39, 0.29) is 17.1 Å². The lowest BCUT2D eigenvalue weighted by atomic mass is 10.1. The normalized spacial score (nSPS) is 10.6. The maximum Gasteiger partial charge on any atom is 0.273 e. The number of nitrogens with zero attached hydrogens (tertiary/aromatic N) is 1. The van der Waals surface area contributed by atoms with Crippen LogP contribution in [0, 0.1) is 0 Å². The van der Waals surface area contributed by atoms with Crippen molar-refractivity contribution in [2.75, 3.05) is 21.3 Å². The van der Waals surface area contributed by atoms with Crippen LogP contribution in [-0.4, -0.2) is 43.1 Å². The molecule has 2 amide bonds. The number of hydrogen-bond donors (Lipinski definition) is 3. The molecule has 0 saturated heterocycles. The molecule has 10 heteroatoms. The number of benzene rings is 3. The van der Waals surface area contributed by atoms with E-state index in [4.69, 9.17) is 14.2 Å². The van der Waals surface area contributed by atoms with Crippen molar-refractivity contribution in [3.8, 4) is 17.2 Å². The molecule has 0 bridgehead atoms. The molecular weight excluding hydrogens is 468 g/mol. The van der Waals surface area contributed by atoms with E-state index in [0.717, 1.165) is 21.8 Å². The highest BCUT2D eigenvalue weighted by atomic mass is 32.2. The molecule has 0 fully saturated rings. The van der Waals surface area contributed by atoms with Crippen molar-refractivity contribution in [3.05, 3.63) is 77.4 Å². The number of ether oxygens (including phenoxy) is 3. The van der Waals surface area contributed by atoms with Gasteiger partial charge in [0.05, 0.1) is 37.9 Å². The first-order chi connectivity index (χ1) is 17.0. The molecule has 3 N–H and O–H groups in total. The smallest absolute Gasteiger partial charge is 0.273 e. The number of thioether (sulfide) groups is 1. The average Bonchev–Trinajstić information content (AvgIpc) is 3.32. The van der Waals surface area contributed by atoms with Gasteiger partial charge >= 0.3 is 0 Å². The Bertz CT molecular complexity index is 1320. The monoisotopic (exact) mass is 492 g/mol. The Hall–Kier alpha value is -4.18. The van der Waals surface area contributed by atoms with Crippen LogP contribution in [0.4, 0.5) is 0 Å². The topological polar surface area (TPSA) is 115 Å². The molecule has 35 heavy (non-hydrogen) atoms. The molecule has 0 unspecified atom stereocenters. The van der Waals surface area contributed by atoms with E-state index in [1.807, 2.05) is 36.4 Å². The van der Waals surface area contributed by atoms with Gasteiger partial charge in [0.1, 0.15) is 0 Å². The fourth-order valence-electron chi connectivity index (χ4n) is 3.43. The molecule has 180 valence electrons. The second-order valence-corrected chi connectivity index (χ2v) is 8.30. The average molecular weight is 493 g/mol. The van der Waals surface area contributed by atoms with Gasteiger partial charge in [0.25, 0.3) is 11.8 Å². The summed E-state index contributed by atoms with van der Waals surface area (Å²) in [6.45, 7) is 0. The molecule has 0 spiro atoms. The van der Waals surface area contributed by atoms with E-state index < -0.39 is 11.8 Å². The molecule has 0 aliphatic rings. The number of nitrogens with one attached hydrogen (secondary N) is 3. The summed E-state index contributed by atoms with van der Waals surface area (Å²) < 4.78 is 15.8. The Morgan fingerprint density at radius 2 is 1.57 bits per heavy atom. The van der Waals surface area contributed by atoms with Crippen LogP contribution < -0.4 is 25.1 Å². The third-order valence-corrected chi connectivity index (χ3v) is 6.14. The molecule has 0 saturated carbocycles. The summed E-state index contributed by atoms with van der Waals surface area (Å²) in [7, 11) is 4.35. The summed E-state index contributed by atoms with van der Waals surface area (Å²) in [5.74, 6) is 0.583. The van der Waals surface area contributed by atoms with E-state index in [1.54, 1.807) is 30.0 Å². The van der Waals surface area contributed by atoms with E-state index in [9.17, 15) is 9.59 Å². The van der Waals surface area contributed by atoms with Crippen LogP contribution in [0.1, 0.15) is 26.3 Å². The van der Waals surface area contributed by atoms with Gasteiger partial charge < -0.3 is 19.2 Å². The summed E-state index contributed by atoms with van der Waals surface area (Å²) >= 11 is 1.58. The fourth-order valence-corrected chi connectivity index (χ4v) is 4.28. The lowest BCUT2D eigenvalue weighted by Gasteiger charge is -2.15. The van der Waals surface area contributed by atoms with Gasteiger partial charge in [-0.15, -0.1) is 0 Å². The first kappa shape index (κ1) is 24.0. The number of rotatable bonds is 8. The summed E-state index contributed by atoms with van der Waals surface area (Å²) in [4.78, 5) is 33.0. The minimum Gasteiger partial charge on any atom is -0.493 e. The number of methoxy groups -OCH3 is 3. The van der Waals surface area contributed by atoms with Gasteiger partial charge in [-0.1, -0.05) is 36.0 Å². The zero-order chi connectivity index (χ0) is 24.8. The zero-order valence-electron chi connectivity index (χ0n) is 19.4. The van der Waals surface area contributed by atoms with Crippen LogP contribution >= 0.6 is 11.8 Å². The molecule has 0 atom stereocenters. The number of imidazole rings is 1. The molecule has 4 aromatic rings. The molecule has 0 aliphatic heterocycles. The Morgan fingerprint density at radius 1 is 0.857 bits per heavy atom. The van der Waals surface area contributed by atoms with Crippen molar-refractivity contribution in [1.29, 1.82) is 0 Å². The highest BCUT2D eigenvalue weighted by Gasteiger charge is 2.21. The Kier molecular flexibility index (Phi) is 7.41. The predicted octanol–water partition coefficient (Wildman–Crippen LogP) is 3.96. The zero-order valence-corrected chi connectivity index (χ0v) is 20.2.